The minimum Gasteiger partial charge on any atom is -0.497 e. The van der Waals surface area contributed by atoms with Crippen molar-refractivity contribution in [3.05, 3.63) is 29.8 Å². The third-order valence-electron chi connectivity index (χ3n) is 1.25. The zero-order chi connectivity index (χ0) is 18.2. The van der Waals surface area contributed by atoms with Crippen LogP contribution in [0, 0.1) is 0 Å². The Bertz CT molecular complexity index is 482. The van der Waals surface area contributed by atoms with Crippen molar-refractivity contribution < 1.29 is 42.1 Å². The number of carboxylic acid groups (broad SMARTS) is 1. The van der Waals surface area contributed by atoms with Crippen LogP contribution < -0.4 is 4.74 Å². The van der Waals surface area contributed by atoms with Crippen LogP contribution >= 0.6 is 0 Å². The Labute approximate surface area is 128 Å². The number of aliphatic carboxylic acids is 1. The summed E-state index contributed by atoms with van der Waals surface area (Å²) in [5.41, 5.74) is 0.667. The van der Waals surface area contributed by atoms with Gasteiger partial charge in [0.05, 0.1) is 7.11 Å². The van der Waals surface area contributed by atoms with E-state index in [1.165, 1.54) is 0 Å². The summed E-state index contributed by atoms with van der Waals surface area (Å²) < 4.78 is 36.5. The molecule has 0 heterocycles. The fourth-order valence-electron chi connectivity index (χ4n) is 0.682. The van der Waals surface area contributed by atoms with E-state index in [4.69, 9.17) is 37.3 Å². The number of carbonyl (C=O) groups is 2. The van der Waals surface area contributed by atoms with Crippen molar-refractivity contribution in [2.45, 2.75) is 13.8 Å². The van der Waals surface area contributed by atoms with Crippen LogP contribution in [0.4, 0.5) is 0 Å². The number of aldehydes is 1. The van der Waals surface area contributed by atoms with Crippen molar-refractivity contribution >= 4 is 22.7 Å². The lowest BCUT2D eigenvalue weighted by molar-refractivity contribution is -0.134. The highest BCUT2D eigenvalue weighted by molar-refractivity contribution is 7.79. The molecule has 0 atom stereocenters. The molecule has 0 saturated carbocycles. The molecule has 0 amide bonds. The Balaban J connectivity index is -0.000000255. The van der Waals surface area contributed by atoms with E-state index in [0.29, 0.717) is 5.56 Å². The van der Waals surface area contributed by atoms with Gasteiger partial charge in [0.25, 0.3) is 5.97 Å². The van der Waals surface area contributed by atoms with E-state index in [2.05, 4.69) is 0 Å². The first kappa shape index (κ1) is 25.0. The van der Waals surface area contributed by atoms with E-state index in [0.717, 1.165) is 19.0 Å². The smallest absolute Gasteiger partial charge is 0.394 e. The highest BCUT2D eigenvalue weighted by atomic mass is 32.3. The molecule has 10 heteroatoms. The van der Waals surface area contributed by atoms with E-state index in [-0.39, 0.29) is 6.61 Å². The predicted molar refractivity (Wildman–Crippen MR) is 78.6 cm³/mol. The minimum atomic E-state index is -4.67. The van der Waals surface area contributed by atoms with Crippen LogP contribution in [0.25, 0.3) is 0 Å². The van der Waals surface area contributed by atoms with Gasteiger partial charge in [-0.15, -0.1) is 0 Å². The summed E-state index contributed by atoms with van der Waals surface area (Å²) in [4.78, 5) is 19.2. The monoisotopic (exact) mass is 340 g/mol. The molecule has 0 spiro atoms. The number of methoxy groups -OCH3 is 1. The van der Waals surface area contributed by atoms with Gasteiger partial charge < -0.3 is 14.9 Å². The molecular formula is C12H20O9S. The summed E-state index contributed by atoms with van der Waals surface area (Å²) in [5.74, 6) is -0.0643. The van der Waals surface area contributed by atoms with Gasteiger partial charge in [0.2, 0.25) is 0 Å². The van der Waals surface area contributed by atoms with Crippen LogP contribution in [-0.4, -0.2) is 53.7 Å². The maximum absolute atomic E-state index is 10.2. The third-order valence-corrected chi connectivity index (χ3v) is 1.25. The lowest BCUT2D eigenvalue weighted by atomic mass is 10.2. The molecule has 0 aliphatic carbocycles. The fourth-order valence-corrected chi connectivity index (χ4v) is 0.682. The summed E-state index contributed by atoms with van der Waals surface area (Å²) >= 11 is 0. The second kappa shape index (κ2) is 15.4. The molecule has 0 fully saturated rings. The minimum absolute atomic E-state index is 0.250. The van der Waals surface area contributed by atoms with Crippen molar-refractivity contribution in [2.75, 3.05) is 13.7 Å². The molecule has 1 rings (SSSR count). The van der Waals surface area contributed by atoms with E-state index in [9.17, 15) is 4.79 Å². The maximum Gasteiger partial charge on any atom is 0.394 e. The maximum atomic E-state index is 10.2. The Kier molecular flexibility index (Phi) is 17.5. The average Bonchev–Trinajstić information content (AvgIpc) is 2.37. The number of aliphatic hydroxyl groups is 1. The molecule has 0 saturated heterocycles. The van der Waals surface area contributed by atoms with Gasteiger partial charge in [0.15, 0.2) is 0 Å². The molecule has 0 unspecified atom stereocenters. The first-order valence-corrected chi connectivity index (χ1v) is 7.00. The number of hydrogen-bond acceptors (Lipinski definition) is 6. The van der Waals surface area contributed by atoms with Crippen molar-refractivity contribution in [3.8, 4) is 5.75 Å². The Morgan fingerprint density at radius 2 is 1.50 bits per heavy atom. The van der Waals surface area contributed by atoms with Gasteiger partial charge in [-0.25, -0.2) is 0 Å². The Morgan fingerprint density at radius 3 is 1.68 bits per heavy atom. The van der Waals surface area contributed by atoms with Gasteiger partial charge >= 0.3 is 10.4 Å². The zero-order valence-corrected chi connectivity index (χ0v) is 13.1. The lowest BCUT2D eigenvalue weighted by Gasteiger charge is -1.96. The van der Waals surface area contributed by atoms with E-state index < -0.39 is 16.4 Å². The number of carboxylic acids is 1. The number of benzene rings is 1. The molecule has 1 aromatic carbocycles. The number of rotatable bonds is 2. The highest BCUT2D eigenvalue weighted by Gasteiger charge is 1.89. The molecule has 0 bridgehead atoms. The van der Waals surface area contributed by atoms with E-state index in [1.807, 2.05) is 0 Å². The van der Waals surface area contributed by atoms with Crippen LogP contribution in [0.1, 0.15) is 24.2 Å². The molecule has 0 aliphatic heterocycles. The SMILES string of the molecule is CC(=O)O.CCO.COc1ccc(C=O)cc1.O=S(=O)(O)O. The van der Waals surface area contributed by atoms with Crippen molar-refractivity contribution in [1.29, 1.82) is 0 Å². The van der Waals surface area contributed by atoms with E-state index in [1.54, 1.807) is 38.3 Å². The summed E-state index contributed by atoms with van der Waals surface area (Å²) in [5, 5.41) is 15.0. The predicted octanol–water partition coefficient (Wildman–Crippen LogP) is 0.944. The quantitative estimate of drug-likeness (QED) is 0.454. The van der Waals surface area contributed by atoms with Crippen molar-refractivity contribution in [3.63, 3.8) is 0 Å². The number of hydrogen-bond donors (Lipinski definition) is 4. The van der Waals surface area contributed by atoms with Gasteiger partial charge in [-0.05, 0) is 31.2 Å². The number of ether oxygens (including phenoxy) is 1. The Morgan fingerprint density at radius 1 is 1.23 bits per heavy atom. The fraction of sp³-hybridized carbons (Fsp3) is 0.333. The summed E-state index contributed by atoms with van der Waals surface area (Å²) in [6.07, 6.45) is 0.805. The van der Waals surface area contributed by atoms with Gasteiger partial charge in [0, 0.05) is 19.1 Å². The summed E-state index contributed by atoms with van der Waals surface area (Å²) in [6, 6.07) is 6.94. The second-order valence-corrected chi connectivity index (χ2v) is 4.07. The van der Waals surface area contributed by atoms with Crippen molar-refractivity contribution in [1.82, 2.24) is 0 Å². The first-order chi connectivity index (χ1) is 10.0. The van der Waals surface area contributed by atoms with Crippen molar-refractivity contribution in [2.24, 2.45) is 0 Å². The zero-order valence-electron chi connectivity index (χ0n) is 12.3. The molecule has 0 aliphatic rings. The standard InChI is InChI=1S/C8H8O2.C2H4O2.C2H6O.H2O4S/c1-10-8-4-2-7(6-9)3-5-8;1-2(3)4;1-2-3;1-5(2,3)4/h2-6H,1H3;1H3,(H,3,4);3H,2H2,1H3;(H2,1,2,3,4). The van der Waals surface area contributed by atoms with Crippen LogP contribution in [0.2, 0.25) is 0 Å². The largest absolute Gasteiger partial charge is 0.497 e. The van der Waals surface area contributed by atoms with E-state index >= 15 is 0 Å². The molecule has 128 valence electrons. The lowest BCUT2D eigenvalue weighted by Crippen LogP contribution is -1.89. The normalized spacial score (nSPS) is 8.64. The van der Waals surface area contributed by atoms with Gasteiger partial charge in [-0.2, -0.15) is 8.42 Å². The molecule has 0 aromatic heterocycles. The summed E-state index contributed by atoms with van der Waals surface area (Å²) in [6.45, 7) is 3.01. The summed E-state index contributed by atoms with van der Waals surface area (Å²) in [7, 11) is -3.07. The van der Waals surface area contributed by atoms with Crippen LogP contribution in [0.15, 0.2) is 24.3 Å². The molecule has 4 N–H and O–H groups in total. The molecule has 9 nitrogen and oxygen atoms in total. The number of aliphatic hydroxyl groups excluding tert-OH is 1. The highest BCUT2D eigenvalue weighted by Crippen LogP contribution is 2.09. The van der Waals surface area contributed by atoms with Crippen LogP contribution in [0.3, 0.4) is 0 Å². The number of carbonyl (C=O) groups excluding carboxylic acids is 1. The average molecular weight is 340 g/mol. The topological polar surface area (TPSA) is 158 Å². The first-order valence-electron chi connectivity index (χ1n) is 5.61. The Hall–Kier alpha value is -2.01. The molecule has 1 aromatic rings. The van der Waals surface area contributed by atoms with Crippen LogP contribution in [-0.2, 0) is 15.2 Å². The molecule has 0 radical (unpaired) electrons. The second-order valence-electron chi connectivity index (χ2n) is 3.17. The van der Waals surface area contributed by atoms with Gasteiger partial charge in [-0.3, -0.25) is 18.7 Å². The van der Waals surface area contributed by atoms with Gasteiger partial charge in [-0.1, -0.05) is 0 Å². The molecular weight excluding hydrogens is 320 g/mol. The third kappa shape index (κ3) is 36.1. The van der Waals surface area contributed by atoms with Crippen LogP contribution in [0.5, 0.6) is 5.75 Å². The molecule has 22 heavy (non-hydrogen) atoms. The van der Waals surface area contributed by atoms with Gasteiger partial charge in [0.1, 0.15) is 12.0 Å².